The molecule has 4 rings (SSSR count). The minimum atomic E-state index is -4.27. The van der Waals surface area contributed by atoms with Crippen LogP contribution in [0.5, 0.6) is 0 Å². The second-order valence-electron chi connectivity index (χ2n) is 9.63. The van der Waals surface area contributed by atoms with E-state index in [2.05, 4.69) is 19.8 Å². The molecule has 0 aromatic carbocycles. The van der Waals surface area contributed by atoms with Gasteiger partial charge in [0.25, 0.3) is 10.1 Å². The first-order chi connectivity index (χ1) is 12.9. The summed E-state index contributed by atoms with van der Waals surface area (Å²) in [6.45, 7) is 4.22. The Kier molecular flexibility index (Phi) is 4.29. The van der Waals surface area contributed by atoms with E-state index in [9.17, 15) is 22.9 Å². The average molecular weight is 405 g/mol. The molecule has 0 amide bonds. The summed E-state index contributed by atoms with van der Waals surface area (Å²) in [7, 11) is -4.27. The lowest BCUT2D eigenvalue weighted by Crippen LogP contribution is -2.54. The SMILES string of the molecule is C#C[C@]1(O)CC[C@H]2[C@@H]3CCC4=CC(=O)C(CS(=O)(=O)O)=C[C@]4(C)[C@H]3CC[C@@]21C. The van der Waals surface area contributed by atoms with E-state index in [1.54, 1.807) is 12.2 Å². The Morgan fingerprint density at radius 2 is 1.89 bits per heavy atom. The van der Waals surface area contributed by atoms with Crippen LogP contribution in [-0.2, 0) is 14.9 Å². The minimum Gasteiger partial charge on any atom is -0.377 e. The number of aliphatic hydroxyl groups is 1. The molecule has 0 aliphatic heterocycles. The van der Waals surface area contributed by atoms with Crippen molar-refractivity contribution >= 4 is 15.9 Å². The molecule has 0 bridgehead atoms. The summed E-state index contributed by atoms with van der Waals surface area (Å²) in [4.78, 5) is 12.4. The molecule has 3 fully saturated rings. The average Bonchev–Trinajstić information content (AvgIpc) is 2.87. The summed E-state index contributed by atoms with van der Waals surface area (Å²) >= 11 is 0. The zero-order valence-corrected chi connectivity index (χ0v) is 17.3. The lowest BCUT2D eigenvalue weighted by molar-refractivity contribution is -0.112. The normalized spacial score (nSPS) is 45.2. The molecule has 0 radical (unpaired) electrons. The van der Waals surface area contributed by atoms with Gasteiger partial charge in [-0.3, -0.25) is 9.35 Å². The van der Waals surface area contributed by atoms with E-state index in [4.69, 9.17) is 6.42 Å². The molecule has 5 nitrogen and oxygen atoms in total. The lowest BCUT2D eigenvalue weighted by Gasteiger charge is -2.57. The van der Waals surface area contributed by atoms with Crippen molar-refractivity contribution in [3.8, 4) is 12.3 Å². The molecule has 0 saturated heterocycles. The third kappa shape index (κ3) is 2.67. The third-order valence-electron chi connectivity index (χ3n) is 8.47. The molecule has 0 heterocycles. The Labute approximate surface area is 167 Å². The number of carbonyl (C=O) groups excluding carboxylic acids is 1. The number of rotatable bonds is 2. The van der Waals surface area contributed by atoms with Crippen LogP contribution in [0.3, 0.4) is 0 Å². The van der Waals surface area contributed by atoms with Crippen molar-refractivity contribution in [2.75, 3.05) is 5.75 Å². The van der Waals surface area contributed by atoms with Gasteiger partial charge in [0, 0.05) is 16.4 Å². The summed E-state index contributed by atoms with van der Waals surface area (Å²) < 4.78 is 32.0. The maximum Gasteiger partial charge on any atom is 0.269 e. The van der Waals surface area contributed by atoms with Crippen molar-refractivity contribution in [2.24, 2.45) is 28.6 Å². The topological polar surface area (TPSA) is 91.7 Å². The van der Waals surface area contributed by atoms with Gasteiger partial charge in [0.05, 0.1) is 0 Å². The second kappa shape index (κ2) is 6.04. The number of carbonyl (C=O) groups is 1. The standard InChI is InChI=1S/C22H28O5S/c1-4-22(24)10-8-18-16-6-5-15-11-19(23)14(13-28(25,26)27)12-20(15,2)17(16)7-9-21(18,22)3/h1,11-12,16-18,24H,5-10,13H2,2-3H3,(H,25,26,27)/t16-,17+,18+,20+,21+,22+/m1/s1. The number of hydrogen-bond acceptors (Lipinski definition) is 4. The molecule has 4 aliphatic rings. The van der Waals surface area contributed by atoms with E-state index in [1.807, 2.05) is 0 Å². The van der Waals surface area contributed by atoms with Gasteiger partial charge in [-0.1, -0.05) is 31.4 Å². The number of fused-ring (bicyclic) bond motifs is 5. The van der Waals surface area contributed by atoms with Gasteiger partial charge in [-0.15, -0.1) is 6.42 Å². The van der Waals surface area contributed by atoms with Crippen LogP contribution >= 0.6 is 0 Å². The minimum absolute atomic E-state index is 0.161. The van der Waals surface area contributed by atoms with Gasteiger partial charge in [-0.25, -0.2) is 0 Å². The molecular formula is C22H28O5S. The Morgan fingerprint density at radius 1 is 1.21 bits per heavy atom. The van der Waals surface area contributed by atoms with Gasteiger partial charge in [-0.05, 0) is 62.4 Å². The fourth-order valence-corrected chi connectivity index (χ4v) is 7.56. The molecule has 0 unspecified atom stereocenters. The zero-order valence-electron chi connectivity index (χ0n) is 16.4. The molecular weight excluding hydrogens is 376 g/mol. The molecule has 3 saturated carbocycles. The highest BCUT2D eigenvalue weighted by atomic mass is 32.2. The van der Waals surface area contributed by atoms with Crippen LogP contribution in [0, 0.1) is 40.9 Å². The van der Waals surface area contributed by atoms with Crippen LogP contribution < -0.4 is 0 Å². The first-order valence-electron chi connectivity index (χ1n) is 10.1. The predicted octanol–water partition coefficient (Wildman–Crippen LogP) is 2.92. The lowest BCUT2D eigenvalue weighted by atomic mass is 9.47. The Morgan fingerprint density at radius 3 is 2.54 bits per heavy atom. The van der Waals surface area contributed by atoms with Crippen LogP contribution in [0.25, 0.3) is 0 Å². The summed E-state index contributed by atoms with van der Waals surface area (Å²) in [5.74, 6) is 2.69. The summed E-state index contributed by atoms with van der Waals surface area (Å²) in [6, 6.07) is 0. The van der Waals surface area contributed by atoms with Gasteiger partial charge in [0.2, 0.25) is 0 Å². The molecule has 152 valence electrons. The Hall–Kier alpha value is -1.42. The highest BCUT2D eigenvalue weighted by molar-refractivity contribution is 7.86. The zero-order chi connectivity index (χ0) is 20.5. The van der Waals surface area contributed by atoms with Gasteiger partial charge < -0.3 is 5.11 Å². The first-order valence-corrected chi connectivity index (χ1v) is 11.7. The van der Waals surface area contributed by atoms with E-state index in [-0.39, 0.29) is 22.7 Å². The van der Waals surface area contributed by atoms with Crippen LogP contribution in [0.15, 0.2) is 23.3 Å². The van der Waals surface area contributed by atoms with Crippen LogP contribution in [0.2, 0.25) is 0 Å². The smallest absolute Gasteiger partial charge is 0.269 e. The molecule has 0 aromatic rings. The highest BCUT2D eigenvalue weighted by Crippen LogP contribution is 2.66. The molecule has 6 atom stereocenters. The van der Waals surface area contributed by atoms with Crippen molar-refractivity contribution < 1.29 is 22.9 Å². The second-order valence-corrected chi connectivity index (χ2v) is 11.1. The van der Waals surface area contributed by atoms with E-state index < -0.39 is 26.9 Å². The van der Waals surface area contributed by atoms with E-state index in [0.717, 1.165) is 37.7 Å². The first kappa shape index (κ1) is 19.9. The van der Waals surface area contributed by atoms with E-state index in [0.29, 0.717) is 18.3 Å². The van der Waals surface area contributed by atoms with Gasteiger partial charge in [0.15, 0.2) is 5.78 Å². The van der Waals surface area contributed by atoms with Gasteiger partial charge in [-0.2, -0.15) is 8.42 Å². The summed E-state index contributed by atoms with van der Waals surface area (Å²) in [6.07, 6.45) is 14.1. The molecule has 4 aliphatic carbocycles. The van der Waals surface area contributed by atoms with Crippen LogP contribution in [0.4, 0.5) is 0 Å². The number of allylic oxidation sites excluding steroid dienone is 3. The fraction of sp³-hybridized carbons (Fsp3) is 0.682. The predicted molar refractivity (Wildman–Crippen MR) is 106 cm³/mol. The monoisotopic (exact) mass is 404 g/mol. The van der Waals surface area contributed by atoms with Crippen molar-refractivity contribution in [3.63, 3.8) is 0 Å². The quantitative estimate of drug-likeness (QED) is 0.545. The van der Waals surface area contributed by atoms with Crippen molar-refractivity contribution in [3.05, 3.63) is 23.3 Å². The van der Waals surface area contributed by atoms with E-state index >= 15 is 0 Å². The summed E-state index contributed by atoms with van der Waals surface area (Å²) in [5, 5.41) is 11.0. The maximum atomic E-state index is 12.4. The van der Waals surface area contributed by atoms with Gasteiger partial charge >= 0.3 is 0 Å². The number of hydrogen-bond donors (Lipinski definition) is 2. The number of ketones is 1. The van der Waals surface area contributed by atoms with Crippen LogP contribution in [-0.4, -0.2) is 35.2 Å². The Bertz CT molecular complexity index is 938. The van der Waals surface area contributed by atoms with E-state index in [1.165, 1.54) is 0 Å². The third-order valence-corrected chi connectivity index (χ3v) is 9.15. The molecule has 0 spiro atoms. The Balaban J connectivity index is 1.72. The number of terminal acetylenes is 1. The van der Waals surface area contributed by atoms with Crippen LogP contribution in [0.1, 0.15) is 52.4 Å². The summed E-state index contributed by atoms with van der Waals surface area (Å²) in [5.41, 5.74) is -0.532. The molecule has 2 N–H and O–H groups in total. The van der Waals surface area contributed by atoms with Crippen molar-refractivity contribution in [1.82, 2.24) is 0 Å². The molecule has 6 heteroatoms. The van der Waals surface area contributed by atoms with Crippen molar-refractivity contribution in [2.45, 2.75) is 58.0 Å². The molecule has 0 aromatic heterocycles. The molecule has 28 heavy (non-hydrogen) atoms. The largest absolute Gasteiger partial charge is 0.377 e. The highest BCUT2D eigenvalue weighted by Gasteiger charge is 2.63. The van der Waals surface area contributed by atoms with Crippen molar-refractivity contribution in [1.29, 1.82) is 0 Å². The maximum absolute atomic E-state index is 12.4. The van der Waals surface area contributed by atoms with Gasteiger partial charge in [0.1, 0.15) is 11.4 Å². The fourth-order valence-electron chi connectivity index (χ4n) is 6.94.